The smallest absolute Gasteiger partial charge is 0.401 e. The summed E-state index contributed by atoms with van der Waals surface area (Å²) in [6.07, 6.45) is -5.23. The summed E-state index contributed by atoms with van der Waals surface area (Å²) in [6.45, 7) is 0.714. The fraction of sp³-hybridized carbons (Fsp3) is 0.667. The Kier molecular flexibility index (Phi) is 6.74. The SMILES string of the molecule is CC(=O)SCC(C(=O)NCCC(=O)O)C(F)(F)F. The second-order valence-electron chi connectivity index (χ2n) is 3.33. The second kappa shape index (κ2) is 7.24. The van der Waals surface area contributed by atoms with Crippen LogP contribution in [0.3, 0.4) is 0 Å². The lowest BCUT2D eigenvalue weighted by Crippen LogP contribution is -2.41. The van der Waals surface area contributed by atoms with Crippen LogP contribution in [0.2, 0.25) is 0 Å². The topological polar surface area (TPSA) is 83.5 Å². The lowest BCUT2D eigenvalue weighted by Gasteiger charge is -2.18. The Morgan fingerprint density at radius 2 is 1.89 bits per heavy atom. The Bertz CT molecular complexity index is 332. The van der Waals surface area contributed by atoms with Crippen LogP contribution in [-0.2, 0) is 14.4 Å². The minimum absolute atomic E-state index is 0.383. The van der Waals surface area contributed by atoms with Crippen LogP contribution in [0.25, 0.3) is 0 Å². The van der Waals surface area contributed by atoms with Gasteiger partial charge < -0.3 is 10.4 Å². The van der Waals surface area contributed by atoms with E-state index < -0.39 is 41.3 Å². The van der Waals surface area contributed by atoms with E-state index in [0.29, 0.717) is 11.8 Å². The normalized spacial score (nSPS) is 12.9. The Labute approximate surface area is 105 Å². The van der Waals surface area contributed by atoms with Crippen molar-refractivity contribution in [2.75, 3.05) is 12.3 Å². The number of amides is 1. The fourth-order valence-electron chi connectivity index (χ4n) is 0.935. The average Bonchev–Trinajstić information content (AvgIpc) is 2.14. The van der Waals surface area contributed by atoms with Gasteiger partial charge >= 0.3 is 12.1 Å². The molecule has 0 heterocycles. The predicted molar refractivity (Wildman–Crippen MR) is 57.9 cm³/mol. The first-order chi connectivity index (χ1) is 8.14. The maximum Gasteiger partial charge on any atom is 0.401 e. The van der Waals surface area contributed by atoms with Crippen molar-refractivity contribution >= 4 is 28.8 Å². The molecular weight excluding hydrogens is 275 g/mol. The summed E-state index contributed by atoms with van der Waals surface area (Å²) in [5.41, 5.74) is 0. The molecule has 0 radical (unpaired) electrons. The van der Waals surface area contributed by atoms with Crippen LogP contribution in [0, 0.1) is 5.92 Å². The van der Waals surface area contributed by atoms with Gasteiger partial charge in [-0.05, 0) is 0 Å². The van der Waals surface area contributed by atoms with Gasteiger partial charge in [-0.2, -0.15) is 13.2 Å². The van der Waals surface area contributed by atoms with Crippen molar-refractivity contribution in [1.29, 1.82) is 0 Å². The maximum atomic E-state index is 12.5. The lowest BCUT2D eigenvalue weighted by molar-refractivity contribution is -0.177. The first kappa shape index (κ1) is 16.8. The van der Waals surface area contributed by atoms with Crippen molar-refractivity contribution in [2.24, 2.45) is 5.92 Å². The van der Waals surface area contributed by atoms with E-state index in [1.54, 1.807) is 0 Å². The molecule has 0 spiro atoms. The highest BCUT2D eigenvalue weighted by molar-refractivity contribution is 8.13. The average molecular weight is 287 g/mol. The minimum atomic E-state index is -4.77. The van der Waals surface area contributed by atoms with Gasteiger partial charge in [-0.1, -0.05) is 11.8 Å². The third-order valence-electron chi connectivity index (χ3n) is 1.80. The van der Waals surface area contributed by atoms with Gasteiger partial charge in [-0.15, -0.1) is 0 Å². The molecule has 18 heavy (non-hydrogen) atoms. The molecule has 0 aromatic rings. The van der Waals surface area contributed by atoms with Crippen molar-refractivity contribution < 1.29 is 32.7 Å². The van der Waals surface area contributed by atoms with Gasteiger partial charge in [0.25, 0.3) is 0 Å². The summed E-state index contributed by atoms with van der Waals surface area (Å²) < 4.78 is 37.5. The number of alkyl halides is 3. The largest absolute Gasteiger partial charge is 0.481 e. The molecule has 1 amide bonds. The van der Waals surface area contributed by atoms with Crippen molar-refractivity contribution in [3.63, 3.8) is 0 Å². The van der Waals surface area contributed by atoms with Crippen LogP contribution in [0.4, 0.5) is 13.2 Å². The van der Waals surface area contributed by atoms with E-state index >= 15 is 0 Å². The van der Waals surface area contributed by atoms with E-state index in [4.69, 9.17) is 5.11 Å². The molecule has 0 aromatic carbocycles. The molecule has 0 aliphatic rings. The van der Waals surface area contributed by atoms with E-state index in [1.165, 1.54) is 0 Å². The fourth-order valence-corrected chi connectivity index (χ4v) is 1.68. The van der Waals surface area contributed by atoms with Gasteiger partial charge in [0.1, 0.15) is 5.92 Å². The Morgan fingerprint density at radius 1 is 1.33 bits per heavy atom. The van der Waals surface area contributed by atoms with Crippen molar-refractivity contribution in [2.45, 2.75) is 19.5 Å². The molecule has 9 heteroatoms. The third kappa shape index (κ3) is 7.15. The molecule has 0 saturated carbocycles. The molecule has 0 bridgehead atoms. The molecule has 5 nitrogen and oxygen atoms in total. The van der Waals surface area contributed by atoms with Crippen LogP contribution in [0.15, 0.2) is 0 Å². The van der Waals surface area contributed by atoms with Crippen molar-refractivity contribution in [1.82, 2.24) is 5.32 Å². The lowest BCUT2D eigenvalue weighted by atomic mass is 10.1. The maximum absolute atomic E-state index is 12.5. The predicted octanol–water partition coefficient (Wildman–Crippen LogP) is 1.04. The number of nitrogens with one attached hydrogen (secondary N) is 1. The Balaban J connectivity index is 4.41. The van der Waals surface area contributed by atoms with Crippen LogP contribution < -0.4 is 5.32 Å². The van der Waals surface area contributed by atoms with Gasteiger partial charge in [-0.25, -0.2) is 0 Å². The third-order valence-corrected chi connectivity index (χ3v) is 2.71. The van der Waals surface area contributed by atoms with Gasteiger partial charge in [-0.3, -0.25) is 14.4 Å². The molecule has 0 aliphatic heterocycles. The van der Waals surface area contributed by atoms with Gasteiger partial charge in [0.15, 0.2) is 5.12 Å². The second-order valence-corrected chi connectivity index (χ2v) is 4.53. The zero-order valence-electron chi connectivity index (χ0n) is 9.41. The van der Waals surface area contributed by atoms with Crippen LogP contribution >= 0.6 is 11.8 Å². The zero-order valence-corrected chi connectivity index (χ0v) is 10.2. The number of carboxylic acids is 1. The number of aliphatic carboxylic acids is 1. The van der Waals surface area contributed by atoms with Gasteiger partial charge in [0.2, 0.25) is 5.91 Å². The highest BCUT2D eigenvalue weighted by Crippen LogP contribution is 2.29. The molecule has 0 rings (SSSR count). The number of carbonyl (C=O) groups excluding carboxylic acids is 2. The number of hydrogen-bond donors (Lipinski definition) is 2. The molecule has 1 atom stereocenters. The molecule has 0 fully saturated rings. The molecule has 0 saturated heterocycles. The summed E-state index contributed by atoms with van der Waals surface area (Å²) in [5.74, 6) is -5.58. The molecule has 2 N–H and O–H groups in total. The van der Waals surface area contributed by atoms with E-state index in [1.807, 2.05) is 5.32 Å². The minimum Gasteiger partial charge on any atom is -0.481 e. The Morgan fingerprint density at radius 3 is 2.28 bits per heavy atom. The van der Waals surface area contributed by atoms with Crippen LogP contribution in [-0.4, -0.2) is 40.6 Å². The summed E-state index contributed by atoms with van der Waals surface area (Å²) in [6, 6.07) is 0. The van der Waals surface area contributed by atoms with Crippen molar-refractivity contribution in [3.8, 4) is 0 Å². The zero-order chi connectivity index (χ0) is 14.3. The molecule has 104 valence electrons. The highest BCUT2D eigenvalue weighted by Gasteiger charge is 2.44. The number of hydrogen-bond acceptors (Lipinski definition) is 4. The Hall–Kier alpha value is -1.25. The van der Waals surface area contributed by atoms with Crippen molar-refractivity contribution in [3.05, 3.63) is 0 Å². The number of halogens is 3. The standard InChI is InChI=1S/C9H12F3NO4S/c1-5(14)18-4-6(9(10,11)12)8(17)13-3-2-7(15)16/h6H,2-4H2,1H3,(H,13,17)(H,15,16). The number of carboxylic acid groups (broad SMARTS) is 1. The van der Waals surface area contributed by atoms with Gasteiger partial charge in [0.05, 0.1) is 6.42 Å². The number of thioether (sulfide) groups is 1. The summed E-state index contributed by atoms with van der Waals surface area (Å²) >= 11 is 0.398. The van der Waals surface area contributed by atoms with E-state index in [2.05, 4.69) is 0 Å². The summed E-state index contributed by atoms with van der Waals surface area (Å²) in [5, 5.41) is 9.63. The first-order valence-electron chi connectivity index (χ1n) is 4.84. The van der Waals surface area contributed by atoms with Gasteiger partial charge in [0, 0.05) is 19.2 Å². The van der Waals surface area contributed by atoms with Crippen LogP contribution in [0.1, 0.15) is 13.3 Å². The van der Waals surface area contributed by atoms with E-state index in [0.717, 1.165) is 6.92 Å². The molecule has 0 aliphatic carbocycles. The quantitative estimate of drug-likeness (QED) is 0.762. The molecular formula is C9H12F3NO4S. The highest BCUT2D eigenvalue weighted by atomic mass is 32.2. The summed E-state index contributed by atoms with van der Waals surface area (Å²) in [4.78, 5) is 32.0. The van der Waals surface area contributed by atoms with Crippen LogP contribution in [0.5, 0.6) is 0 Å². The number of carbonyl (C=O) groups is 3. The molecule has 0 aromatic heterocycles. The summed E-state index contributed by atoms with van der Waals surface area (Å²) in [7, 11) is 0. The first-order valence-corrected chi connectivity index (χ1v) is 5.82. The van der Waals surface area contributed by atoms with E-state index in [-0.39, 0.29) is 6.54 Å². The monoisotopic (exact) mass is 287 g/mol. The number of rotatable bonds is 6. The molecule has 1 unspecified atom stereocenters. The van der Waals surface area contributed by atoms with E-state index in [9.17, 15) is 27.6 Å².